The van der Waals surface area contributed by atoms with Crippen LogP contribution < -0.4 is 4.89 Å². The molecule has 2 atom stereocenters. The number of quaternary nitrogens is 1. The van der Waals surface area contributed by atoms with Gasteiger partial charge in [-0.05, 0) is 128 Å². The number of carbonyl (C=O) groups excluding carboxylic acids is 2. The van der Waals surface area contributed by atoms with Crippen molar-refractivity contribution in [2.45, 2.75) is 238 Å². The molecule has 82 heavy (non-hydrogen) atoms. The smallest absolute Gasteiger partial charge is 0.306 e. The summed E-state index contributed by atoms with van der Waals surface area (Å²) >= 11 is 0. The lowest BCUT2D eigenvalue weighted by molar-refractivity contribution is -0.870. The highest BCUT2D eigenvalue weighted by molar-refractivity contribution is 7.45. The standard InChI is InChI=1S/C72H118NO8P/c1-6-8-10-12-14-16-18-20-22-24-25-26-27-28-29-30-31-32-33-34-35-36-37-38-39-40-41-42-43-44-45-46-47-49-51-53-55-57-59-61-63-65-72(75)81-70(69-80-82(76,77)79-67-66-73(3,4)5)68-78-71(74)64-62-60-58-56-54-52-50-48-23-21-19-17-15-13-11-9-7-2/h8,10,14,16,20-23,25-26,28-29,31-32,34-35,37-38,40-41,43-44,46-47,51,53,70H,6-7,9,11-13,15,17-19,24,27,30,33,36,39,42,45,48-50,52,54-69H2,1-5H3/b10-8-,16-14-,22-20-,23-21-,26-25-,29-28-,32-31-,35-34-,38-37-,41-40-,44-43-,47-46-,53-51-. The SMILES string of the molecule is CC/C=C\C/C=C\C/C=C\C/C=C\C/C=C\C/C=C\C/C=C\C/C=C\C/C=C\C/C=C\C/C=C\C/C=C\CCCCCCC(=O)OC(COC(=O)CCCCCCCCC/C=C\CCCCCCCC)COP(=O)([O-])OCC[N+](C)(C)C. The summed E-state index contributed by atoms with van der Waals surface area (Å²) in [5.41, 5.74) is 0. The van der Waals surface area contributed by atoms with Gasteiger partial charge in [-0.2, -0.15) is 0 Å². The average Bonchev–Trinajstić information content (AvgIpc) is 3.45. The van der Waals surface area contributed by atoms with Gasteiger partial charge in [0.15, 0.2) is 6.10 Å². The Kier molecular flexibility index (Phi) is 57.9. The molecule has 2 unspecified atom stereocenters. The highest BCUT2D eigenvalue weighted by Crippen LogP contribution is 2.38. The van der Waals surface area contributed by atoms with Crippen LogP contribution in [0.2, 0.25) is 0 Å². The molecule has 0 N–H and O–H groups in total. The van der Waals surface area contributed by atoms with E-state index in [1.54, 1.807) is 0 Å². The van der Waals surface area contributed by atoms with Gasteiger partial charge >= 0.3 is 11.9 Å². The van der Waals surface area contributed by atoms with Gasteiger partial charge in [0.1, 0.15) is 19.8 Å². The maximum Gasteiger partial charge on any atom is 0.306 e. The van der Waals surface area contributed by atoms with Crippen molar-refractivity contribution in [1.82, 2.24) is 0 Å². The minimum Gasteiger partial charge on any atom is -0.756 e. The molecule has 9 nitrogen and oxygen atoms in total. The maximum absolute atomic E-state index is 12.8. The van der Waals surface area contributed by atoms with Crippen LogP contribution in [0.5, 0.6) is 0 Å². The number of rotatable bonds is 57. The van der Waals surface area contributed by atoms with Crippen LogP contribution in [-0.4, -0.2) is 70.0 Å². The molecule has 0 aromatic carbocycles. The molecule has 0 aliphatic carbocycles. The lowest BCUT2D eigenvalue weighted by atomic mass is 10.1. The van der Waals surface area contributed by atoms with Crippen LogP contribution in [-0.2, 0) is 32.7 Å². The summed E-state index contributed by atoms with van der Waals surface area (Å²) in [5, 5.41) is 0. The molecule has 0 radical (unpaired) electrons. The summed E-state index contributed by atoms with van der Waals surface area (Å²) in [6.45, 7) is 4.07. The molecule has 0 aliphatic rings. The Bertz CT molecular complexity index is 1940. The normalized spacial score (nSPS) is 14.3. The molecule has 10 heteroatoms. The first-order valence-corrected chi connectivity index (χ1v) is 33.7. The highest BCUT2D eigenvalue weighted by Gasteiger charge is 2.22. The molecule has 0 amide bonds. The van der Waals surface area contributed by atoms with Gasteiger partial charge in [0.05, 0.1) is 27.7 Å². The quantitative estimate of drug-likeness (QED) is 0.0195. The van der Waals surface area contributed by atoms with E-state index in [4.69, 9.17) is 18.5 Å². The van der Waals surface area contributed by atoms with Crippen molar-refractivity contribution in [1.29, 1.82) is 0 Å². The Hall–Kier alpha value is -4.37. The van der Waals surface area contributed by atoms with Crippen LogP contribution in [0.15, 0.2) is 158 Å². The summed E-state index contributed by atoms with van der Waals surface area (Å²) in [6, 6.07) is 0. The lowest BCUT2D eigenvalue weighted by Crippen LogP contribution is -2.37. The third-order valence-electron chi connectivity index (χ3n) is 13.0. The zero-order chi connectivity index (χ0) is 59.8. The van der Waals surface area contributed by atoms with Crippen LogP contribution >= 0.6 is 7.82 Å². The molecule has 0 rings (SSSR count). The second-order valence-electron chi connectivity index (χ2n) is 22.0. The van der Waals surface area contributed by atoms with Crippen LogP contribution in [0.25, 0.3) is 0 Å². The number of unbranched alkanes of at least 4 members (excludes halogenated alkanes) is 17. The van der Waals surface area contributed by atoms with Crippen LogP contribution in [0.3, 0.4) is 0 Å². The van der Waals surface area contributed by atoms with Crippen molar-refractivity contribution in [2.75, 3.05) is 47.5 Å². The Balaban J connectivity index is 4.19. The summed E-state index contributed by atoms with van der Waals surface area (Å²) in [4.78, 5) is 37.9. The molecule has 0 saturated heterocycles. The van der Waals surface area contributed by atoms with Crippen molar-refractivity contribution in [3.8, 4) is 0 Å². The van der Waals surface area contributed by atoms with E-state index in [-0.39, 0.29) is 26.1 Å². The number of esters is 2. The fourth-order valence-corrected chi connectivity index (χ4v) is 8.83. The predicted octanol–water partition coefficient (Wildman–Crippen LogP) is 20.2. The van der Waals surface area contributed by atoms with Gasteiger partial charge in [0.25, 0.3) is 7.82 Å². The number of ether oxygens (including phenoxy) is 2. The molecule has 0 fully saturated rings. The molecular weight excluding hydrogens is 1040 g/mol. The Morgan fingerprint density at radius 3 is 1.05 bits per heavy atom. The molecule has 464 valence electrons. The molecule has 0 aromatic heterocycles. The molecule has 0 aromatic rings. The van der Waals surface area contributed by atoms with E-state index >= 15 is 0 Å². The molecule has 0 saturated carbocycles. The fraction of sp³-hybridized carbons (Fsp3) is 0.611. The van der Waals surface area contributed by atoms with E-state index in [0.29, 0.717) is 23.9 Å². The van der Waals surface area contributed by atoms with E-state index in [1.807, 2.05) is 21.1 Å². The zero-order valence-corrected chi connectivity index (χ0v) is 53.5. The Labute approximate surface area is 503 Å². The summed E-state index contributed by atoms with van der Waals surface area (Å²) < 4.78 is 34.1. The van der Waals surface area contributed by atoms with Crippen molar-refractivity contribution in [3.63, 3.8) is 0 Å². The number of phosphoric ester groups is 1. The topological polar surface area (TPSA) is 111 Å². The van der Waals surface area contributed by atoms with E-state index in [1.165, 1.54) is 64.2 Å². The minimum absolute atomic E-state index is 0.0446. The van der Waals surface area contributed by atoms with Gasteiger partial charge in [-0.3, -0.25) is 14.2 Å². The van der Waals surface area contributed by atoms with E-state index < -0.39 is 32.5 Å². The van der Waals surface area contributed by atoms with Crippen molar-refractivity contribution >= 4 is 19.8 Å². The molecule has 0 heterocycles. The molecule has 0 bridgehead atoms. The number of phosphoric acid groups is 1. The van der Waals surface area contributed by atoms with Crippen LogP contribution in [0.4, 0.5) is 0 Å². The number of carbonyl (C=O) groups is 2. The Morgan fingerprint density at radius 2 is 0.695 bits per heavy atom. The third kappa shape index (κ3) is 64.8. The monoisotopic (exact) mass is 1160 g/mol. The second kappa shape index (κ2) is 61.2. The number of nitrogens with zero attached hydrogens (tertiary/aromatic N) is 1. The maximum atomic E-state index is 12.8. The second-order valence-corrected chi connectivity index (χ2v) is 23.4. The fourth-order valence-electron chi connectivity index (χ4n) is 8.10. The van der Waals surface area contributed by atoms with Crippen LogP contribution in [0, 0.1) is 0 Å². The van der Waals surface area contributed by atoms with E-state index in [9.17, 15) is 19.0 Å². The number of hydrogen-bond donors (Lipinski definition) is 0. The molecule has 0 aliphatic heterocycles. The van der Waals surface area contributed by atoms with Crippen molar-refractivity contribution in [3.05, 3.63) is 158 Å². The first-order chi connectivity index (χ1) is 40.0. The molecular formula is C72H118NO8P. The summed E-state index contributed by atoms with van der Waals surface area (Å²) in [7, 11) is 1.13. The van der Waals surface area contributed by atoms with Gasteiger partial charge in [-0.1, -0.05) is 249 Å². The number of likely N-dealkylation sites (N-methyl/N-ethyl adjacent to an activating group) is 1. The van der Waals surface area contributed by atoms with Gasteiger partial charge in [0.2, 0.25) is 0 Å². The van der Waals surface area contributed by atoms with Gasteiger partial charge in [0, 0.05) is 12.8 Å². The highest BCUT2D eigenvalue weighted by atomic mass is 31.2. The van der Waals surface area contributed by atoms with Crippen LogP contribution in [0.1, 0.15) is 232 Å². The molecule has 0 spiro atoms. The lowest BCUT2D eigenvalue weighted by Gasteiger charge is -2.28. The minimum atomic E-state index is -4.66. The third-order valence-corrected chi connectivity index (χ3v) is 14.0. The Morgan fingerprint density at radius 1 is 0.390 bits per heavy atom. The van der Waals surface area contributed by atoms with Crippen molar-refractivity contribution < 1.29 is 42.1 Å². The summed E-state index contributed by atoms with van der Waals surface area (Å²) in [6.07, 6.45) is 91.6. The van der Waals surface area contributed by atoms with E-state index in [0.717, 1.165) is 128 Å². The zero-order valence-electron chi connectivity index (χ0n) is 52.6. The van der Waals surface area contributed by atoms with Crippen molar-refractivity contribution in [2.24, 2.45) is 0 Å². The number of allylic oxidation sites excluding steroid dienone is 26. The average molecular weight is 1160 g/mol. The summed E-state index contributed by atoms with van der Waals surface area (Å²) in [5.74, 6) is -0.877. The number of hydrogen-bond acceptors (Lipinski definition) is 8. The van der Waals surface area contributed by atoms with Gasteiger partial charge < -0.3 is 27.9 Å². The predicted molar refractivity (Wildman–Crippen MR) is 350 cm³/mol. The first kappa shape index (κ1) is 77.6. The van der Waals surface area contributed by atoms with Gasteiger partial charge in [-0.25, -0.2) is 0 Å². The van der Waals surface area contributed by atoms with Gasteiger partial charge in [-0.15, -0.1) is 0 Å². The first-order valence-electron chi connectivity index (χ1n) is 32.2. The van der Waals surface area contributed by atoms with E-state index in [2.05, 4.69) is 172 Å². The largest absolute Gasteiger partial charge is 0.756 e.